The van der Waals surface area contributed by atoms with E-state index in [1.165, 1.54) is 28.1 Å². The number of carboxylic acids is 1. The quantitative estimate of drug-likeness (QED) is 0.785. The molecule has 0 saturated carbocycles. The monoisotopic (exact) mass is 280 g/mol. The first-order valence-corrected chi connectivity index (χ1v) is 6.03. The van der Waals surface area contributed by atoms with E-state index in [1.807, 2.05) is 0 Å². The molecular formula is C14H18NO5-. The van der Waals surface area contributed by atoms with E-state index >= 15 is 0 Å². The average molecular weight is 280 g/mol. The molecule has 0 aliphatic heterocycles. The number of amides is 1. The third kappa shape index (κ3) is 3.63. The van der Waals surface area contributed by atoms with E-state index in [0.29, 0.717) is 17.1 Å². The molecule has 0 fully saturated rings. The summed E-state index contributed by atoms with van der Waals surface area (Å²) < 4.78 is 10.3. The van der Waals surface area contributed by atoms with Gasteiger partial charge in [0, 0.05) is 13.3 Å². The fourth-order valence-electron chi connectivity index (χ4n) is 1.95. The number of hydrogen-bond donors (Lipinski definition) is 1. The molecule has 0 spiro atoms. The van der Waals surface area contributed by atoms with Crippen LogP contribution in [0.2, 0.25) is 0 Å². The van der Waals surface area contributed by atoms with Crippen molar-refractivity contribution >= 4 is 11.9 Å². The van der Waals surface area contributed by atoms with Gasteiger partial charge in [-0.25, -0.2) is 0 Å². The first kappa shape index (κ1) is 15.8. The van der Waals surface area contributed by atoms with Crippen LogP contribution in [0.1, 0.15) is 19.4 Å². The maximum Gasteiger partial charge on any atom is 0.217 e. The van der Waals surface area contributed by atoms with E-state index in [-0.39, 0.29) is 6.42 Å². The summed E-state index contributed by atoms with van der Waals surface area (Å²) >= 11 is 0. The summed E-state index contributed by atoms with van der Waals surface area (Å²) in [7, 11) is 3.01. The Bertz CT molecular complexity index is 514. The van der Waals surface area contributed by atoms with Crippen LogP contribution in [-0.4, -0.2) is 31.6 Å². The Labute approximate surface area is 117 Å². The van der Waals surface area contributed by atoms with Gasteiger partial charge in [-0.15, -0.1) is 0 Å². The topological polar surface area (TPSA) is 87.7 Å². The van der Waals surface area contributed by atoms with Crippen molar-refractivity contribution in [3.8, 4) is 11.5 Å². The molecule has 1 aromatic carbocycles. The molecule has 0 heterocycles. The van der Waals surface area contributed by atoms with E-state index < -0.39 is 17.4 Å². The number of carboxylic acid groups (broad SMARTS) is 1. The number of benzene rings is 1. The van der Waals surface area contributed by atoms with Gasteiger partial charge in [-0.3, -0.25) is 4.79 Å². The van der Waals surface area contributed by atoms with Crippen LogP contribution in [0.25, 0.3) is 0 Å². The Morgan fingerprint density at radius 3 is 2.30 bits per heavy atom. The molecule has 1 rings (SSSR count). The van der Waals surface area contributed by atoms with Crippen molar-refractivity contribution in [2.45, 2.75) is 25.8 Å². The lowest BCUT2D eigenvalue weighted by molar-refractivity contribution is -0.313. The molecular weight excluding hydrogens is 262 g/mol. The first-order valence-electron chi connectivity index (χ1n) is 6.03. The maximum atomic E-state index is 11.3. The number of carbonyl (C=O) groups is 2. The molecule has 0 aromatic heterocycles. The van der Waals surface area contributed by atoms with Crippen molar-refractivity contribution in [3.63, 3.8) is 0 Å². The SMILES string of the molecule is COc1ccc(C[C@](C)(NC(C)=O)C(=O)[O-])cc1OC. The standard InChI is InChI=1S/C14H19NO5/c1-9(16)15-14(2,13(17)18)8-10-5-6-11(19-3)12(7-10)20-4/h5-7H,8H2,1-4H3,(H,15,16)(H,17,18)/p-1/t14-/m0/s1. The highest BCUT2D eigenvalue weighted by molar-refractivity contribution is 5.84. The highest BCUT2D eigenvalue weighted by Gasteiger charge is 2.27. The van der Waals surface area contributed by atoms with Crippen LogP contribution in [0.5, 0.6) is 11.5 Å². The van der Waals surface area contributed by atoms with E-state index in [1.54, 1.807) is 18.2 Å². The van der Waals surface area contributed by atoms with Gasteiger partial charge in [-0.05, 0) is 24.6 Å². The fraction of sp³-hybridized carbons (Fsp3) is 0.429. The molecule has 0 aliphatic carbocycles. The van der Waals surface area contributed by atoms with Crippen molar-refractivity contribution < 1.29 is 24.2 Å². The van der Waals surface area contributed by atoms with Gasteiger partial charge in [0.2, 0.25) is 5.91 Å². The van der Waals surface area contributed by atoms with Gasteiger partial charge in [-0.2, -0.15) is 0 Å². The van der Waals surface area contributed by atoms with Crippen LogP contribution in [0, 0.1) is 0 Å². The predicted octanol–water partition coefficient (Wildman–Crippen LogP) is -0.109. The Balaban J connectivity index is 3.06. The van der Waals surface area contributed by atoms with E-state index in [4.69, 9.17) is 9.47 Å². The maximum absolute atomic E-state index is 11.3. The van der Waals surface area contributed by atoms with Crippen LogP contribution in [0.3, 0.4) is 0 Å². The smallest absolute Gasteiger partial charge is 0.217 e. The summed E-state index contributed by atoms with van der Waals surface area (Å²) in [5.41, 5.74) is -0.797. The van der Waals surface area contributed by atoms with Crippen molar-refractivity contribution in [3.05, 3.63) is 23.8 Å². The summed E-state index contributed by atoms with van der Waals surface area (Å²) in [6.07, 6.45) is 0.0786. The zero-order chi connectivity index (χ0) is 15.3. The largest absolute Gasteiger partial charge is 0.548 e. The highest BCUT2D eigenvalue weighted by Crippen LogP contribution is 2.29. The molecule has 0 unspecified atom stereocenters. The molecule has 0 radical (unpaired) electrons. The third-order valence-electron chi connectivity index (χ3n) is 2.91. The lowest BCUT2D eigenvalue weighted by Gasteiger charge is -2.31. The zero-order valence-electron chi connectivity index (χ0n) is 12.0. The van der Waals surface area contributed by atoms with Gasteiger partial charge in [-0.1, -0.05) is 6.07 Å². The first-order chi connectivity index (χ1) is 9.32. The normalized spacial score (nSPS) is 13.2. The fourth-order valence-corrected chi connectivity index (χ4v) is 1.95. The number of rotatable bonds is 6. The third-order valence-corrected chi connectivity index (χ3v) is 2.91. The number of ether oxygens (including phenoxy) is 2. The van der Waals surface area contributed by atoms with E-state index in [0.717, 1.165) is 0 Å². The van der Waals surface area contributed by atoms with Crippen LogP contribution in [-0.2, 0) is 16.0 Å². The lowest BCUT2D eigenvalue weighted by Crippen LogP contribution is -2.58. The van der Waals surface area contributed by atoms with Crippen LogP contribution >= 0.6 is 0 Å². The molecule has 6 nitrogen and oxygen atoms in total. The molecule has 0 aliphatic rings. The molecule has 1 atom stereocenters. The Morgan fingerprint density at radius 2 is 1.85 bits per heavy atom. The van der Waals surface area contributed by atoms with E-state index in [2.05, 4.69) is 5.32 Å². The second-order valence-corrected chi connectivity index (χ2v) is 4.67. The Hall–Kier alpha value is -2.24. The van der Waals surface area contributed by atoms with Gasteiger partial charge >= 0.3 is 0 Å². The summed E-state index contributed by atoms with van der Waals surface area (Å²) in [5.74, 6) is -0.737. The molecule has 1 amide bonds. The molecule has 6 heteroatoms. The molecule has 20 heavy (non-hydrogen) atoms. The van der Waals surface area contributed by atoms with Gasteiger partial charge in [0.15, 0.2) is 11.5 Å². The Morgan fingerprint density at radius 1 is 1.25 bits per heavy atom. The van der Waals surface area contributed by atoms with Crippen molar-refractivity contribution in [1.29, 1.82) is 0 Å². The van der Waals surface area contributed by atoms with Gasteiger partial charge in [0.05, 0.1) is 25.7 Å². The average Bonchev–Trinajstić information content (AvgIpc) is 2.37. The second kappa shape index (κ2) is 6.27. The van der Waals surface area contributed by atoms with E-state index in [9.17, 15) is 14.7 Å². The number of methoxy groups -OCH3 is 2. The van der Waals surface area contributed by atoms with Crippen molar-refractivity contribution in [1.82, 2.24) is 5.32 Å². The minimum absolute atomic E-state index is 0.0786. The van der Waals surface area contributed by atoms with Gasteiger partial charge < -0.3 is 24.7 Å². The van der Waals surface area contributed by atoms with Crippen LogP contribution in [0.15, 0.2) is 18.2 Å². The summed E-state index contributed by atoms with van der Waals surface area (Å²) in [5, 5.41) is 13.7. The number of carbonyl (C=O) groups excluding carboxylic acids is 2. The van der Waals surface area contributed by atoms with Gasteiger partial charge in [0.25, 0.3) is 0 Å². The predicted molar refractivity (Wildman–Crippen MR) is 70.5 cm³/mol. The number of hydrogen-bond acceptors (Lipinski definition) is 5. The molecule has 0 saturated heterocycles. The molecule has 1 aromatic rings. The van der Waals surface area contributed by atoms with Crippen LogP contribution in [0.4, 0.5) is 0 Å². The molecule has 1 N–H and O–H groups in total. The van der Waals surface area contributed by atoms with Crippen LogP contribution < -0.4 is 19.9 Å². The van der Waals surface area contributed by atoms with Crippen molar-refractivity contribution in [2.24, 2.45) is 0 Å². The zero-order valence-corrected chi connectivity index (χ0v) is 12.0. The minimum atomic E-state index is -1.48. The number of nitrogens with one attached hydrogen (secondary N) is 1. The summed E-state index contributed by atoms with van der Waals surface area (Å²) in [6.45, 7) is 2.66. The Kier molecular flexibility index (Phi) is 4.96. The molecule has 0 bridgehead atoms. The summed E-state index contributed by atoms with van der Waals surface area (Å²) in [6, 6.07) is 5.06. The highest BCUT2D eigenvalue weighted by atomic mass is 16.5. The second-order valence-electron chi connectivity index (χ2n) is 4.67. The molecule has 110 valence electrons. The van der Waals surface area contributed by atoms with Crippen molar-refractivity contribution in [2.75, 3.05) is 14.2 Å². The lowest BCUT2D eigenvalue weighted by atomic mass is 9.92. The number of aliphatic carboxylic acids is 1. The minimum Gasteiger partial charge on any atom is -0.548 e. The van der Waals surface area contributed by atoms with Gasteiger partial charge in [0.1, 0.15) is 0 Å². The summed E-state index contributed by atoms with van der Waals surface area (Å²) in [4.78, 5) is 22.4.